The summed E-state index contributed by atoms with van der Waals surface area (Å²) in [5.41, 5.74) is 7.04. The molecule has 2 rings (SSSR count). The van der Waals surface area contributed by atoms with E-state index in [1.807, 2.05) is 0 Å². The summed E-state index contributed by atoms with van der Waals surface area (Å²) in [6.45, 7) is 0. The molecule has 86 valence electrons. The number of pyridine rings is 1. The third-order valence-corrected chi connectivity index (χ3v) is 2.13. The summed E-state index contributed by atoms with van der Waals surface area (Å²) in [5, 5.41) is 11.9. The predicted molar refractivity (Wildman–Crippen MR) is 64.7 cm³/mol. The summed E-state index contributed by atoms with van der Waals surface area (Å²) in [6, 6.07) is 8.18. The number of amides is 1. The van der Waals surface area contributed by atoms with Crippen molar-refractivity contribution in [1.29, 1.82) is 0 Å². The Morgan fingerprint density at radius 1 is 1.29 bits per heavy atom. The van der Waals surface area contributed by atoms with Crippen LogP contribution in [0.25, 0.3) is 0 Å². The highest BCUT2D eigenvalue weighted by Crippen LogP contribution is 2.14. The minimum Gasteiger partial charge on any atom is -0.506 e. The number of carbonyl (C=O) groups is 1. The number of nitrogens with two attached hydrogens (primary N) is 1. The highest BCUT2D eigenvalue weighted by molar-refractivity contribution is 6.04. The summed E-state index contributed by atoms with van der Waals surface area (Å²) < 4.78 is 0. The van der Waals surface area contributed by atoms with E-state index in [0.717, 1.165) is 0 Å². The lowest BCUT2D eigenvalue weighted by Crippen LogP contribution is -2.12. The fourth-order valence-corrected chi connectivity index (χ4v) is 1.37. The van der Waals surface area contributed by atoms with E-state index >= 15 is 0 Å². The molecule has 0 atom stereocenters. The van der Waals surface area contributed by atoms with Crippen molar-refractivity contribution in [3.05, 3.63) is 48.3 Å². The van der Waals surface area contributed by atoms with E-state index in [0.29, 0.717) is 11.4 Å². The molecule has 0 radical (unpaired) electrons. The van der Waals surface area contributed by atoms with Crippen LogP contribution in [-0.2, 0) is 0 Å². The molecule has 5 nitrogen and oxygen atoms in total. The van der Waals surface area contributed by atoms with Gasteiger partial charge in [0.1, 0.15) is 5.75 Å². The average molecular weight is 229 g/mol. The molecule has 0 saturated carbocycles. The van der Waals surface area contributed by atoms with Crippen molar-refractivity contribution in [1.82, 2.24) is 4.98 Å². The molecule has 17 heavy (non-hydrogen) atoms. The molecular formula is C12H11N3O2. The van der Waals surface area contributed by atoms with Crippen molar-refractivity contribution in [3.8, 4) is 5.75 Å². The fourth-order valence-electron chi connectivity index (χ4n) is 1.37. The minimum absolute atomic E-state index is 0.0507. The van der Waals surface area contributed by atoms with Crippen LogP contribution in [0.2, 0.25) is 0 Å². The van der Waals surface area contributed by atoms with Crippen LogP contribution < -0.4 is 11.1 Å². The van der Waals surface area contributed by atoms with E-state index in [1.165, 1.54) is 18.5 Å². The zero-order chi connectivity index (χ0) is 12.3. The van der Waals surface area contributed by atoms with Gasteiger partial charge in [-0.1, -0.05) is 6.07 Å². The molecule has 1 amide bonds. The summed E-state index contributed by atoms with van der Waals surface area (Å²) in [5.74, 6) is -0.399. The smallest absolute Gasteiger partial charge is 0.257 e. The Hall–Kier alpha value is -2.56. The van der Waals surface area contributed by atoms with Gasteiger partial charge in [-0.2, -0.15) is 0 Å². The number of nitrogen functional groups attached to an aromatic ring is 1. The Labute approximate surface area is 97.9 Å². The lowest BCUT2D eigenvalue weighted by Gasteiger charge is -2.05. The molecule has 0 bridgehead atoms. The number of nitrogens with one attached hydrogen (secondary N) is 1. The lowest BCUT2D eigenvalue weighted by atomic mass is 10.2. The molecule has 0 unspecified atom stereocenters. The zero-order valence-electron chi connectivity index (χ0n) is 8.92. The van der Waals surface area contributed by atoms with Crippen molar-refractivity contribution in [2.45, 2.75) is 0 Å². The number of nitrogens with zero attached hydrogens (tertiary/aromatic N) is 1. The van der Waals surface area contributed by atoms with Gasteiger partial charge in [-0.3, -0.25) is 9.78 Å². The second-order valence-corrected chi connectivity index (χ2v) is 3.51. The Balaban J connectivity index is 2.17. The first-order valence-corrected chi connectivity index (χ1v) is 4.96. The van der Waals surface area contributed by atoms with E-state index in [4.69, 9.17) is 5.73 Å². The van der Waals surface area contributed by atoms with Crippen LogP contribution in [0.4, 0.5) is 11.4 Å². The van der Waals surface area contributed by atoms with Gasteiger partial charge in [-0.05, 0) is 24.3 Å². The van der Waals surface area contributed by atoms with E-state index in [2.05, 4.69) is 10.3 Å². The molecule has 0 aliphatic heterocycles. The molecule has 0 aliphatic rings. The van der Waals surface area contributed by atoms with Crippen LogP contribution in [0.5, 0.6) is 5.75 Å². The van der Waals surface area contributed by atoms with Gasteiger partial charge in [0.15, 0.2) is 0 Å². The number of rotatable bonds is 2. The van der Waals surface area contributed by atoms with Crippen LogP contribution >= 0.6 is 0 Å². The van der Waals surface area contributed by atoms with Crippen molar-refractivity contribution in [2.24, 2.45) is 0 Å². The van der Waals surface area contributed by atoms with E-state index in [9.17, 15) is 9.90 Å². The number of aromatic hydroxyl groups is 1. The van der Waals surface area contributed by atoms with E-state index in [-0.39, 0.29) is 17.2 Å². The molecule has 1 aromatic carbocycles. The highest BCUT2D eigenvalue weighted by atomic mass is 16.3. The summed E-state index contributed by atoms with van der Waals surface area (Å²) in [4.78, 5) is 15.5. The Kier molecular flexibility index (Phi) is 2.91. The largest absolute Gasteiger partial charge is 0.506 e. The van der Waals surface area contributed by atoms with Crippen LogP contribution in [0, 0.1) is 0 Å². The van der Waals surface area contributed by atoms with Crippen molar-refractivity contribution in [2.75, 3.05) is 11.1 Å². The van der Waals surface area contributed by atoms with E-state index < -0.39 is 0 Å². The van der Waals surface area contributed by atoms with Gasteiger partial charge in [0.05, 0.1) is 11.8 Å². The molecule has 0 saturated heterocycles. The molecule has 0 spiro atoms. The van der Waals surface area contributed by atoms with E-state index in [1.54, 1.807) is 24.3 Å². The first-order chi connectivity index (χ1) is 8.15. The second-order valence-electron chi connectivity index (χ2n) is 3.51. The fraction of sp³-hybridized carbons (Fsp3) is 0. The first kappa shape index (κ1) is 10.9. The lowest BCUT2D eigenvalue weighted by molar-refractivity contribution is 0.102. The number of anilines is 2. The number of benzene rings is 1. The summed E-state index contributed by atoms with van der Waals surface area (Å²) in [6.07, 6.45) is 2.64. The quantitative estimate of drug-likeness (QED) is 0.683. The van der Waals surface area contributed by atoms with Crippen LogP contribution in [-0.4, -0.2) is 16.0 Å². The third-order valence-electron chi connectivity index (χ3n) is 2.13. The van der Waals surface area contributed by atoms with Gasteiger partial charge in [0.25, 0.3) is 5.91 Å². The van der Waals surface area contributed by atoms with Crippen LogP contribution in [0.15, 0.2) is 42.7 Å². The Morgan fingerprint density at radius 2 is 2.12 bits per heavy atom. The minimum atomic E-state index is -0.348. The third kappa shape index (κ3) is 2.72. The van der Waals surface area contributed by atoms with Gasteiger partial charge in [-0.25, -0.2) is 0 Å². The van der Waals surface area contributed by atoms with Crippen molar-refractivity contribution >= 4 is 17.3 Å². The van der Waals surface area contributed by atoms with Crippen LogP contribution in [0.1, 0.15) is 10.4 Å². The van der Waals surface area contributed by atoms with Gasteiger partial charge in [0, 0.05) is 17.6 Å². The molecule has 4 N–H and O–H groups in total. The molecule has 0 fully saturated rings. The number of aromatic nitrogens is 1. The summed E-state index contributed by atoms with van der Waals surface area (Å²) in [7, 11) is 0. The Bertz CT molecular complexity index is 555. The molecule has 5 heteroatoms. The van der Waals surface area contributed by atoms with Crippen molar-refractivity contribution in [3.63, 3.8) is 0 Å². The normalized spacial score (nSPS) is 9.88. The maximum absolute atomic E-state index is 11.8. The number of carbonyl (C=O) groups excluding carboxylic acids is 1. The zero-order valence-corrected chi connectivity index (χ0v) is 8.92. The molecule has 2 aromatic rings. The van der Waals surface area contributed by atoms with Crippen molar-refractivity contribution < 1.29 is 9.90 Å². The monoisotopic (exact) mass is 229 g/mol. The standard InChI is InChI=1S/C12H11N3O2/c13-9-2-1-3-10(5-9)15-12(17)8-4-11(16)7-14-6-8/h1-7,16H,13H2,(H,15,17). The first-order valence-electron chi connectivity index (χ1n) is 4.96. The van der Waals surface area contributed by atoms with Gasteiger partial charge in [-0.15, -0.1) is 0 Å². The molecule has 1 heterocycles. The van der Waals surface area contributed by atoms with Gasteiger partial charge < -0.3 is 16.2 Å². The number of hydrogen-bond acceptors (Lipinski definition) is 4. The SMILES string of the molecule is Nc1cccc(NC(=O)c2cncc(O)c2)c1. The molecule has 1 aromatic heterocycles. The average Bonchev–Trinajstić information content (AvgIpc) is 2.29. The maximum atomic E-state index is 11.8. The van der Waals surface area contributed by atoms with Gasteiger partial charge in [0.2, 0.25) is 0 Å². The van der Waals surface area contributed by atoms with Gasteiger partial charge >= 0.3 is 0 Å². The Morgan fingerprint density at radius 3 is 2.82 bits per heavy atom. The maximum Gasteiger partial charge on any atom is 0.257 e. The molecule has 0 aliphatic carbocycles. The molecular weight excluding hydrogens is 218 g/mol. The van der Waals surface area contributed by atoms with Crippen LogP contribution in [0.3, 0.4) is 0 Å². The topological polar surface area (TPSA) is 88.2 Å². The summed E-state index contributed by atoms with van der Waals surface area (Å²) >= 11 is 0. The highest BCUT2D eigenvalue weighted by Gasteiger charge is 2.07. The second kappa shape index (κ2) is 4.52. The predicted octanol–water partition coefficient (Wildman–Crippen LogP) is 1.62. The number of hydrogen-bond donors (Lipinski definition) is 3.